The minimum Gasteiger partial charge on any atom is -0.460 e. The molecule has 0 aliphatic carbocycles. The molecule has 2 aromatic rings. The molecule has 0 unspecified atom stereocenters. The molecule has 0 amide bonds. The summed E-state index contributed by atoms with van der Waals surface area (Å²) in [6.07, 6.45) is 0. The van der Waals surface area contributed by atoms with E-state index < -0.39 is 5.97 Å². The molecule has 0 fully saturated rings. The van der Waals surface area contributed by atoms with Crippen molar-refractivity contribution in [2.75, 3.05) is 6.61 Å². The highest BCUT2D eigenvalue weighted by atomic mass is 35.5. The Hall–Kier alpha value is -1.59. The number of aryl methyl sites for hydroxylation is 1. The minimum atomic E-state index is -0.561. The lowest BCUT2D eigenvalue weighted by Gasteiger charge is -2.02. The molecule has 0 aliphatic rings. The zero-order valence-corrected chi connectivity index (χ0v) is 11.9. The number of hydrogen-bond donors (Lipinski definition) is 0. The van der Waals surface area contributed by atoms with Crippen molar-refractivity contribution in [2.24, 2.45) is 7.05 Å². The van der Waals surface area contributed by atoms with Crippen LogP contribution in [0.25, 0.3) is 11.4 Å². The first kappa shape index (κ1) is 13.8. The molecule has 19 heavy (non-hydrogen) atoms. The van der Waals surface area contributed by atoms with E-state index in [9.17, 15) is 4.79 Å². The van der Waals surface area contributed by atoms with Gasteiger partial charge in [-0.15, -0.1) is 5.10 Å². The summed E-state index contributed by atoms with van der Waals surface area (Å²) in [5.41, 5.74) is 0.650. The number of benzene rings is 1. The average molecular weight is 300 g/mol. The van der Waals surface area contributed by atoms with Crippen LogP contribution < -0.4 is 0 Å². The predicted octanol–water partition coefficient (Wildman–Crippen LogP) is 2.97. The number of ether oxygens (including phenoxy) is 1. The third kappa shape index (κ3) is 2.88. The van der Waals surface area contributed by atoms with Crippen molar-refractivity contribution in [2.45, 2.75) is 6.92 Å². The lowest BCUT2D eigenvalue weighted by molar-refractivity contribution is 0.0512. The number of rotatable bonds is 3. The van der Waals surface area contributed by atoms with Crippen LogP contribution in [0.15, 0.2) is 18.2 Å². The van der Waals surface area contributed by atoms with E-state index >= 15 is 0 Å². The standard InChI is InChI=1S/C12H11Cl2N3O2/c1-3-19-12(18)10-15-11(17(2)16-10)8-5-4-7(13)6-9(8)14/h4-6H,3H2,1-2H3. The summed E-state index contributed by atoms with van der Waals surface area (Å²) >= 11 is 11.9. The third-order valence-corrected chi connectivity index (χ3v) is 2.94. The topological polar surface area (TPSA) is 57.0 Å². The number of carbonyl (C=O) groups excluding carboxylic acids is 1. The van der Waals surface area contributed by atoms with Gasteiger partial charge in [0, 0.05) is 17.6 Å². The van der Waals surface area contributed by atoms with Crippen molar-refractivity contribution in [3.05, 3.63) is 34.1 Å². The molecule has 1 aromatic heterocycles. The molecule has 0 aliphatic heterocycles. The van der Waals surface area contributed by atoms with Crippen molar-refractivity contribution in [1.29, 1.82) is 0 Å². The Kier molecular flexibility index (Phi) is 4.07. The number of nitrogens with zero attached hydrogens (tertiary/aromatic N) is 3. The fourth-order valence-corrected chi connectivity index (χ4v) is 2.06. The molecule has 0 bridgehead atoms. The maximum atomic E-state index is 11.6. The fraction of sp³-hybridized carbons (Fsp3) is 0.250. The van der Waals surface area contributed by atoms with Gasteiger partial charge >= 0.3 is 5.97 Å². The van der Waals surface area contributed by atoms with Gasteiger partial charge in [-0.2, -0.15) is 0 Å². The number of esters is 1. The summed E-state index contributed by atoms with van der Waals surface area (Å²) < 4.78 is 6.32. The molecule has 0 spiro atoms. The Balaban J connectivity index is 2.43. The number of carbonyl (C=O) groups is 1. The Morgan fingerprint density at radius 2 is 2.16 bits per heavy atom. The van der Waals surface area contributed by atoms with E-state index in [1.54, 1.807) is 32.2 Å². The average Bonchev–Trinajstić information content (AvgIpc) is 2.72. The van der Waals surface area contributed by atoms with E-state index in [2.05, 4.69) is 10.1 Å². The summed E-state index contributed by atoms with van der Waals surface area (Å²) in [5.74, 6) is -0.0791. The van der Waals surface area contributed by atoms with Crippen molar-refractivity contribution in [3.8, 4) is 11.4 Å². The maximum Gasteiger partial charge on any atom is 0.378 e. The maximum absolute atomic E-state index is 11.6. The molecule has 0 saturated carbocycles. The molecule has 7 heteroatoms. The predicted molar refractivity (Wildman–Crippen MR) is 72.4 cm³/mol. The Morgan fingerprint density at radius 1 is 1.42 bits per heavy atom. The Labute approximate surface area is 120 Å². The van der Waals surface area contributed by atoms with E-state index in [0.29, 0.717) is 21.4 Å². The second-order valence-corrected chi connectivity index (χ2v) is 4.57. The van der Waals surface area contributed by atoms with Crippen molar-refractivity contribution < 1.29 is 9.53 Å². The smallest absolute Gasteiger partial charge is 0.378 e. The van der Waals surface area contributed by atoms with Gasteiger partial charge in [0.25, 0.3) is 5.82 Å². The van der Waals surface area contributed by atoms with Crippen LogP contribution in [0, 0.1) is 0 Å². The van der Waals surface area contributed by atoms with E-state index in [-0.39, 0.29) is 12.4 Å². The van der Waals surface area contributed by atoms with Gasteiger partial charge in [0.1, 0.15) is 0 Å². The van der Waals surface area contributed by atoms with Crippen LogP contribution in [0.5, 0.6) is 0 Å². The summed E-state index contributed by atoms with van der Waals surface area (Å²) in [6, 6.07) is 5.03. The third-order valence-electron chi connectivity index (χ3n) is 2.39. The van der Waals surface area contributed by atoms with Crippen LogP contribution >= 0.6 is 23.2 Å². The van der Waals surface area contributed by atoms with Crippen molar-refractivity contribution in [1.82, 2.24) is 14.8 Å². The van der Waals surface area contributed by atoms with Crippen LogP contribution in [0.3, 0.4) is 0 Å². The first-order chi connectivity index (χ1) is 9.02. The van der Waals surface area contributed by atoms with Gasteiger partial charge in [-0.25, -0.2) is 14.5 Å². The second kappa shape index (κ2) is 5.59. The van der Waals surface area contributed by atoms with E-state index in [1.807, 2.05) is 0 Å². The molecule has 1 heterocycles. The molecule has 1 aromatic carbocycles. The Morgan fingerprint density at radius 3 is 2.79 bits per heavy atom. The SMILES string of the molecule is CCOC(=O)c1nc(-c2ccc(Cl)cc2Cl)n(C)n1. The second-order valence-electron chi connectivity index (χ2n) is 3.73. The first-order valence-corrected chi connectivity index (χ1v) is 6.32. The van der Waals surface area contributed by atoms with Gasteiger partial charge in [-0.1, -0.05) is 23.2 Å². The summed E-state index contributed by atoms with van der Waals surface area (Å²) in [4.78, 5) is 15.7. The highest BCUT2D eigenvalue weighted by Gasteiger charge is 2.18. The van der Waals surface area contributed by atoms with Gasteiger partial charge in [-0.3, -0.25) is 0 Å². The van der Waals surface area contributed by atoms with Crippen LogP contribution in [-0.2, 0) is 11.8 Å². The summed E-state index contributed by atoms with van der Waals surface area (Å²) in [6.45, 7) is 1.99. The van der Waals surface area contributed by atoms with E-state index in [0.717, 1.165) is 0 Å². The van der Waals surface area contributed by atoms with E-state index in [4.69, 9.17) is 27.9 Å². The summed E-state index contributed by atoms with van der Waals surface area (Å²) in [5, 5.41) is 4.98. The number of aromatic nitrogens is 3. The molecule has 0 atom stereocenters. The summed E-state index contributed by atoms with van der Waals surface area (Å²) in [7, 11) is 1.68. The van der Waals surface area contributed by atoms with Gasteiger partial charge < -0.3 is 4.74 Å². The van der Waals surface area contributed by atoms with Gasteiger partial charge in [0.05, 0.1) is 11.6 Å². The normalized spacial score (nSPS) is 10.5. The van der Waals surface area contributed by atoms with Crippen LogP contribution in [0.2, 0.25) is 10.0 Å². The zero-order chi connectivity index (χ0) is 14.0. The molecule has 0 radical (unpaired) electrons. The molecular weight excluding hydrogens is 289 g/mol. The largest absolute Gasteiger partial charge is 0.460 e. The van der Waals surface area contributed by atoms with Crippen molar-refractivity contribution >= 4 is 29.2 Å². The van der Waals surface area contributed by atoms with Crippen LogP contribution in [0.4, 0.5) is 0 Å². The lowest BCUT2D eigenvalue weighted by atomic mass is 10.2. The highest BCUT2D eigenvalue weighted by molar-refractivity contribution is 6.36. The van der Waals surface area contributed by atoms with Crippen LogP contribution in [-0.4, -0.2) is 27.3 Å². The minimum absolute atomic E-state index is 0.00497. The molecule has 100 valence electrons. The van der Waals surface area contributed by atoms with E-state index in [1.165, 1.54) is 4.68 Å². The van der Waals surface area contributed by atoms with Crippen LogP contribution in [0.1, 0.15) is 17.5 Å². The van der Waals surface area contributed by atoms with Gasteiger partial charge in [0.15, 0.2) is 5.82 Å². The molecule has 0 N–H and O–H groups in total. The zero-order valence-electron chi connectivity index (χ0n) is 10.4. The fourth-order valence-electron chi connectivity index (χ4n) is 1.57. The first-order valence-electron chi connectivity index (χ1n) is 5.56. The monoisotopic (exact) mass is 299 g/mol. The number of halogens is 2. The molecular formula is C12H11Cl2N3O2. The van der Waals surface area contributed by atoms with Gasteiger partial charge in [0.2, 0.25) is 0 Å². The number of hydrogen-bond acceptors (Lipinski definition) is 4. The van der Waals surface area contributed by atoms with Crippen molar-refractivity contribution in [3.63, 3.8) is 0 Å². The van der Waals surface area contributed by atoms with Gasteiger partial charge in [-0.05, 0) is 25.1 Å². The lowest BCUT2D eigenvalue weighted by Crippen LogP contribution is -2.07. The quantitative estimate of drug-likeness (QED) is 0.818. The molecule has 5 nitrogen and oxygen atoms in total. The Bertz CT molecular complexity index is 625. The highest BCUT2D eigenvalue weighted by Crippen LogP contribution is 2.28. The molecule has 2 rings (SSSR count). The molecule has 0 saturated heterocycles.